The van der Waals surface area contributed by atoms with Crippen LogP contribution < -0.4 is 10.6 Å². The van der Waals surface area contributed by atoms with Gasteiger partial charge in [0.15, 0.2) is 5.78 Å². The quantitative estimate of drug-likeness (QED) is 0.843. The minimum absolute atomic E-state index is 0.00497. The Morgan fingerprint density at radius 3 is 2.14 bits per heavy atom. The summed E-state index contributed by atoms with van der Waals surface area (Å²) in [5, 5.41) is 5.52. The van der Waals surface area contributed by atoms with Gasteiger partial charge in [-0.2, -0.15) is 0 Å². The van der Waals surface area contributed by atoms with Gasteiger partial charge >= 0.3 is 6.03 Å². The Labute approximate surface area is 124 Å². The van der Waals surface area contributed by atoms with Crippen LogP contribution in [0, 0.1) is 6.92 Å². The van der Waals surface area contributed by atoms with Gasteiger partial charge in [-0.1, -0.05) is 29.8 Å². The predicted molar refractivity (Wildman–Crippen MR) is 83.5 cm³/mol. The lowest BCUT2D eigenvalue weighted by Crippen LogP contribution is -2.28. The number of anilines is 1. The number of hydrogen-bond acceptors (Lipinski definition) is 2. The number of ketones is 1. The van der Waals surface area contributed by atoms with Crippen LogP contribution in [0.3, 0.4) is 0 Å². The van der Waals surface area contributed by atoms with Gasteiger partial charge in [0, 0.05) is 17.8 Å². The Morgan fingerprint density at radius 2 is 1.57 bits per heavy atom. The molecule has 2 rings (SSSR count). The Balaban J connectivity index is 1.86. The van der Waals surface area contributed by atoms with Crippen LogP contribution in [-0.2, 0) is 6.54 Å². The van der Waals surface area contributed by atoms with Crippen LogP contribution in [0.25, 0.3) is 0 Å². The molecule has 4 heteroatoms. The lowest BCUT2D eigenvalue weighted by Gasteiger charge is -2.08. The second kappa shape index (κ2) is 6.70. The molecule has 2 aromatic carbocycles. The van der Waals surface area contributed by atoms with E-state index < -0.39 is 0 Å². The first-order valence-electron chi connectivity index (χ1n) is 6.76. The molecule has 0 aliphatic heterocycles. The number of carbonyl (C=O) groups excluding carboxylic acids is 2. The molecule has 0 aromatic heterocycles. The van der Waals surface area contributed by atoms with Crippen molar-refractivity contribution in [2.24, 2.45) is 0 Å². The molecular weight excluding hydrogens is 264 g/mol. The molecule has 0 aliphatic carbocycles. The zero-order valence-electron chi connectivity index (χ0n) is 12.1. The predicted octanol–water partition coefficient (Wildman–Crippen LogP) is 3.52. The van der Waals surface area contributed by atoms with Gasteiger partial charge in [0.05, 0.1) is 0 Å². The first-order valence-corrected chi connectivity index (χ1v) is 6.76. The molecule has 0 fully saturated rings. The first-order chi connectivity index (χ1) is 10.0. The van der Waals surface area contributed by atoms with Gasteiger partial charge in [0.1, 0.15) is 0 Å². The lowest BCUT2D eigenvalue weighted by atomic mass is 10.1. The molecule has 0 heterocycles. The highest BCUT2D eigenvalue weighted by molar-refractivity contribution is 5.95. The number of rotatable bonds is 4. The third kappa shape index (κ3) is 4.45. The van der Waals surface area contributed by atoms with Crippen LogP contribution in [0.1, 0.15) is 28.4 Å². The molecule has 2 N–H and O–H groups in total. The fraction of sp³-hybridized carbons (Fsp3) is 0.176. The van der Waals surface area contributed by atoms with E-state index in [4.69, 9.17) is 0 Å². The highest BCUT2D eigenvalue weighted by atomic mass is 16.2. The number of urea groups is 1. The van der Waals surface area contributed by atoms with E-state index in [9.17, 15) is 9.59 Å². The van der Waals surface area contributed by atoms with Gasteiger partial charge in [-0.25, -0.2) is 4.79 Å². The molecule has 0 aliphatic rings. The SMILES string of the molecule is CC(=O)c1ccc(NC(=O)NCc2ccc(C)cc2)cc1. The number of benzene rings is 2. The van der Waals surface area contributed by atoms with E-state index in [1.54, 1.807) is 24.3 Å². The topological polar surface area (TPSA) is 58.2 Å². The maximum Gasteiger partial charge on any atom is 0.319 e. The van der Waals surface area contributed by atoms with Crippen molar-refractivity contribution in [1.29, 1.82) is 0 Å². The summed E-state index contributed by atoms with van der Waals surface area (Å²) in [5.41, 5.74) is 3.51. The van der Waals surface area contributed by atoms with Crippen LogP contribution in [0.5, 0.6) is 0 Å². The monoisotopic (exact) mass is 282 g/mol. The summed E-state index contributed by atoms with van der Waals surface area (Å²) in [6.45, 7) is 4.00. The van der Waals surface area contributed by atoms with Gasteiger partial charge in [-0.15, -0.1) is 0 Å². The molecule has 21 heavy (non-hydrogen) atoms. The Kier molecular flexibility index (Phi) is 4.72. The second-order valence-electron chi connectivity index (χ2n) is 4.93. The van der Waals surface area contributed by atoms with E-state index in [0.29, 0.717) is 17.8 Å². The number of hydrogen-bond donors (Lipinski definition) is 2. The highest BCUT2D eigenvalue weighted by Crippen LogP contribution is 2.10. The number of amides is 2. The van der Waals surface area contributed by atoms with Crippen molar-refractivity contribution in [3.8, 4) is 0 Å². The molecule has 0 radical (unpaired) electrons. The third-order valence-corrected chi connectivity index (χ3v) is 3.12. The zero-order valence-corrected chi connectivity index (χ0v) is 12.1. The maximum absolute atomic E-state index is 11.8. The highest BCUT2D eigenvalue weighted by Gasteiger charge is 2.03. The summed E-state index contributed by atoms with van der Waals surface area (Å²) >= 11 is 0. The van der Waals surface area contributed by atoms with Crippen LogP contribution in [-0.4, -0.2) is 11.8 Å². The van der Waals surface area contributed by atoms with Crippen molar-refractivity contribution in [3.05, 3.63) is 65.2 Å². The van der Waals surface area contributed by atoms with Gasteiger partial charge in [-0.3, -0.25) is 4.79 Å². The molecule has 108 valence electrons. The number of nitrogens with one attached hydrogen (secondary N) is 2. The Morgan fingerprint density at radius 1 is 0.952 bits per heavy atom. The normalized spacial score (nSPS) is 10.0. The van der Waals surface area contributed by atoms with Crippen molar-refractivity contribution in [3.63, 3.8) is 0 Å². The minimum atomic E-state index is -0.272. The molecule has 0 saturated heterocycles. The van der Waals surface area contributed by atoms with Crippen LogP contribution in [0.15, 0.2) is 48.5 Å². The number of aryl methyl sites for hydroxylation is 1. The summed E-state index contributed by atoms with van der Waals surface area (Å²) in [6, 6.07) is 14.5. The van der Waals surface area contributed by atoms with Crippen molar-refractivity contribution in [2.75, 3.05) is 5.32 Å². The average molecular weight is 282 g/mol. The summed E-state index contributed by atoms with van der Waals surface area (Å²) in [4.78, 5) is 22.9. The molecule has 0 bridgehead atoms. The molecular formula is C17H18N2O2. The van der Waals surface area contributed by atoms with Gasteiger partial charge in [-0.05, 0) is 43.7 Å². The fourth-order valence-electron chi connectivity index (χ4n) is 1.85. The molecule has 2 aromatic rings. The van der Waals surface area contributed by atoms with E-state index in [0.717, 1.165) is 5.56 Å². The van der Waals surface area contributed by atoms with Crippen LogP contribution >= 0.6 is 0 Å². The zero-order chi connectivity index (χ0) is 15.2. The number of carbonyl (C=O) groups is 2. The third-order valence-electron chi connectivity index (χ3n) is 3.12. The molecule has 0 saturated carbocycles. The second-order valence-corrected chi connectivity index (χ2v) is 4.93. The molecule has 0 unspecified atom stereocenters. The maximum atomic E-state index is 11.8. The van der Waals surface area contributed by atoms with Crippen molar-refractivity contribution >= 4 is 17.5 Å². The van der Waals surface area contributed by atoms with E-state index in [2.05, 4.69) is 10.6 Å². The van der Waals surface area contributed by atoms with Crippen LogP contribution in [0.4, 0.5) is 10.5 Å². The molecule has 0 spiro atoms. The first kappa shape index (κ1) is 14.8. The average Bonchev–Trinajstić information content (AvgIpc) is 2.47. The lowest BCUT2D eigenvalue weighted by molar-refractivity contribution is 0.101. The largest absolute Gasteiger partial charge is 0.334 e. The molecule has 2 amide bonds. The molecule has 0 atom stereocenters. The van der Waals surface area contributed by atoms with Crippen molar-refractivity contribution in [1.82, 2.24) is 5.32 Å². The van der Waals surface area contributed by atoms with Crippen molar-refractivity contribution < 1.29 is 9.59 Å². The minimum Gasteiger partial charge on any atom is -0.334 e. The fourth-order valence-corrected chi connectivity index (χ4v) is 1.85. The summed E-state index contributed by atoms with van der Waals surface area (Å²) in [6.07, 6.45) is 0. The van der Waals surface area contributed by atoms with E-state index in [-0.39, 0.29) is 11.8 Å². The smallest absolute Gasteiger partial charge is 0.319 e. The van der Waals surface area contributed by atoms with Gasteiger partial charge in [0.25, 0.3) is 0 Å². The Hall–Kier alpha value is -2.62. The van der Waals surface area contributed by atoms with Gasteiger partial charge < -0.3 is 10.6 Å². The van der Waals surface area contributed by atoms with E-state index in [1.165, 1.54) is 12.5 Å². The van der Waals surface area contributed by atoms with Gasteiger partial charge in [0.2, 0.25) is 0 Å². The van der Waals surface area contributed by atoms with Crippen molar-refractivity contribution in [2.45, 2.75) is 20.4 Å². The summed E-state index contributed by atoms with van der Waals surface area (Å²) in [7, 11) is 0. The van der Waals surface area contributed by atoms with E-state index in [1.807, 2.05) is 31.2 Å². The van der Waals surface area contributed by atoms with Crippen LogP contribution in [0.2, 0.25) is 0 Å². The standard InChI is InChI=1S/C17H18N2O2/c1-12-3-5-14(6-4-12)11-18-17(21)19-16-9-7-15(8-10-16)13(2)20/h3-10H,11H2,1-2H3,(H2,18,19,21). The van der Waals surface area contributed by atoms with E-state index >= 15 is 0 Å². The Bertz CT molecular complexity index is 631. The number of Topliss-reactive ketones (excluding diaryl/α,β-unsaturated/α-hetero) is 1. The molecule has 4 nitrogen and oxygen atoms in total. The summed E-state index contributed by atoms with van der Waals surface area (Å²) < 4.78 is 0. The summed E-state index contributed by atoms with van der Waals surface area (Å²) in [5.74, 6) is 0.00497.